The van der Waals surface area contributed by atoms with Crippen LogP contribution in [-0.2, 0) is 12.3 Å². The average Bonchev–Trinajstić information content (AvgIpc) is 2.32. The summed E-state index contributed by atoms with van der Waals surface area (Å²) in [5.41, 5.74) is 5.05. The van der Waals surface area contributed by atoms with Crippen molar-refractivity contribution in [1.82, 2.24) is 5.16 Å². The van der Waals surface area contributed by atoms with E-state index in [-0.39, 0.29) is 23.6 Å². The molecule has 0 amide bonds. The van der Waals surface area contributed by atoms with Crippen molar-refractivity contribution >= 4 is 5.82 Å². The molecule has 1 heterocycles. The van der Waals surface area contributed by atoms with Crippen LogP contribution in [0.25, 0.3) is 0 Å². The fourth-order valence-electron chi connectivity index (χ4n) is 1.50. The topological polar surface area (TPSA) is 52.0 Å². The van der Waals surface area contributed by atoms with E-state index in [1.165, 1.54) is 0 Å². The first-order valence-electron chi connectivity index (χ1n) is 3.73. The number of aromatic nitrogens is 1. The van der Waals surface area contributed by atoms with E-state index in [1.807, 2.05) is 0 Å². The van der Waals surface area contributed by atoms with Gasteiger partial charge in [0.25, 0.3) is 5.92 Å². The Hall–Kier alpha value is -1.13. The molecule has 2 rings (SSSR count). The number of aryl methyl sites for hydroxylation is 1. The van der Waals surface area contributed by atoms with Crippen LogP contribution in [0.15, 0.2) is 4.52 Å². The number of nitrogens with two attached hydrogens (primary N) is 1. The number of alkyl halides is 2. The number of hydrogen-bond acceptors (Lipinski definition) is 3. The largest absolute Gasteiger partial charge is 0.380 e. The van der Waals surface area contributed by atoms with Crippen LogP contribution in [0, 0.1) is 0 Å². The summed E-state index contributed by atoms with van der Waals surface area (Å²) in [4.78, 5) is 0. The lowest BCUT2D eigenvalue weighted by Gasteiger charge is -2.19. The Labute approximate surface area is 67.5 Å². The lowest BCUT2D eigenvalue weighted by atomic mass is 9.94. The lowest BCUT2D eigenvalue weighted by molar-refractivity contribution is -0.0230. The van der Waals surface area contributed by atoms with Crippen molar-refractivity contribution in [3.05, 3.63) is 11.3 Å². The van der Waals surface area contributed by atoms with Crippen LogP contribution in [0.4, 0.5) is 14.6 Å². The van der Waals surface area contributed by atoms with Gasteiger partial charge in [-0.15, -0.1) is 0 Å². The Morgan fingerprint density at radius 3 is 2.92 bits per heavy atom. The van der Waals surface area contributed by atoms with E-state index in [0.29, 0.717) is 12.8 Å². The molecule has 0 aliphatic heterocycles. The normalized spacial score (nSPS) is 20.5. The van der Waals surface area contributed by atoms with E-state index in [2.05, 4.69) is 9.68 Å². The van der Waals surface area contributed by atoms with E-state index < -0.39 is 5.92 Å². The summed E-state index contributed by atoms with van der Waals surface area (Å²) < 4.78 is 30.9. The van der Waals surface area contributed by atoms with Crippen molar-refractivity contribution in [3.8, 4) is 0 Å². The van der Waals surface area contributed by atoms with Crippen LogP contribution < -0.4 is 5.73 Å². The summed E-state index contributed by atoms with van der Waals surface area (Å²) in [6.45, 7) is 0. The van der Waals surface area contributed by atoms with Crippen molar-refractivity contribution < 1.29 is 13.3 Å². The maximum absolute atomic E-state index is 13.1. The minimum Gasteiger partial charge on any atom is -0.380 e. The first-order valence-corrected chi connectivity index (χ1v) is 3.73. The van der Waals surface area contributed by atoms with Gasteiger partial charge in [0.15, 0.2) is 5.82 Å². The van der Waals surface area contributed by atoms with Crippen LogP contribution in [0.5, 0.6) is 0 Å². The maximum Gasteiger partial charge on any atom is 0.280 e. The van der Waals surface area contributed by atoms with E-state index >= 15 is 0 Å². The second-order valence-electron chi connectivity index (χ2n) is 2.92. The third kappa shape index (κ3) is 0.888. The SMILES string of the molecule is Nc1noc2c1C(F)(F)CCC2. The first-order chi connectivity index (χ1) is 5.61. The molecule has 66 valence electrons. The van der Waals surface area contributed by atoms with Crippen LogP contribution in [0.1, 0.15) is 24.2 Å². The van der Waals surface area contributed by atoms with Gasteiger partial charge in [0.05, 0.1) is 0 Å². The van der Waals surface area contributed by atoms with Crippen molar-refractivity contribution in [2.45, 2.75) is 25.2 Å². The van der Waals surface area contributed by atoms with Crippen molar-refractivity contribution in [2.24, 2.45) is 0 Å². The molecule has 2 N–H and O–H groups in total. The zero-order valence-corrected chi connectivity index (χ0v) is 6.31. The number of hydrogen-bond donors (Lipinski definition) is 1. The minimum absolute atomic E-state index is 0.161. The van der Waals surface area contributed by atoms with Crippen LogP contribution in [0.2, 0.25) is 0 Å². The fraction of sp³-hybridized carbons (Fsp3) is 0.571. The zero-order valence-electron chi connectivity index (χ0n) is 6.31. The minimum atomic E-state index is -2.85. The summed E-state index contributed by atoms with van der Waals surface area (Å²) in [6, 6.07) is 0. The molecule has 1 aliphatic rings. The van der Waals surface area contributed by atoms with Gasteiger partial charge in [-0.25, -0.2) is 8.78 Å². The molecule has 12 heavy (non-hydrogen) atoms. The molecule has 1 aliphatic carbocycles. The lowest BCUT2D eigenvalue weighted by Crippen LogP contribution is -2.20. The smallest absolute Gasteiger partial charge is 0.280 e. The summed E-state index contributed by atoms with van der Waals surface area (Å²) in [5.74, 6) is -2.78. The quantitative estimate of drug-likeness (QED) is 0.651. The third-order valence-electron chi connectivity index (χ3n) is 2.05. The van der Waals surface area contributed by atoms with Gasteiger partial charge in [0, 0.05) is 12.8 Å². The van der Waals surface area contributed by atoms with E-state index in [4.69, 9.17) is 5.73 Å². The van der Waals surface area contributed by atoms with Crippen LogP contribution >= 0.6 is 0 Å². The molecule has 1 aromatic heterocycles. The second-order valence-corrected chi connectivity index (χ2v) is 2.92. The molecular formula is C7H8F2N2O. The molecule has 0 aromatic carbocycles. The molecule has 1 aromatic rings. The summed E-state index contributed by atoms with van der Waals surface area (Å²) >= 11 is 0. The molecule has 0 radical (unpaired) electrons. The molecule has 0 bridgehead atoms. The first kappa shape index (κ1) is 7.52. The van der Waals surface area contributed by atoms with Gasteiger partial charge in [-0.05, 0) is 6.42 Å². The molecule has 3 nitrogen and oxygen atoms in total. The van der Waals surface area contributed by atoms with E-state index in [1.54, 1.807) is 0 Å². The zero-order chi connectivity index (χ0) is 8.77. The van der Waals surface area contributed by atoms with Crippen LogP contribution in [-0.4, -0.2) is 5.16 Å². The monoisotopic (exact) mass is 174 g/mol. The Kier molecular flexibility index (Phi) is 1.37. The van der Waals surface area contributed by atoms with Gasteiger partial charge in [-0.3, -0.25) is 0 Å². The Bertz CT molecular complexity index is 308. The number of halogens is 2. The average molecular weight is 174 g/mol. The molecule has 0 saturated heterocycles. The number of anilines is 1. The predicted octanol–water partition coefficient (Wildman–Crippen LogP) is 1.68. The highest BCUT2D eigenvalue weighted by Gasteiger charge is 2.41. The molecule has 0 fully saturated rings. The number of nitrogen functional groups attached to an aromatic ring is 1. The fourth-order valence-corrected chi connectivity index (χ4v) is 1.50. The van der Waals surface area contributed by atoms with Gasteiger partial charge in [-0.2, -0.15) is 0 Å². The number of fused-ring (bicyclic) bond motifs is 1. The molecule has 0 saturated carbocycles. The molecule has 0 spiro atoms. The maximum atomic E-state index is 13.1. The Balaban J connectivity index is 2.56. The van der Waals surface area contributed by atoms with Gasteiger partial charge in [0.1, 0.15) is 11.3 Å². The van der Waals surface area contributed by atoms with E-state index in [9.17, 15) is 8.78 Å². The highest BCUT2D eigenvalue weighted by atomic mass is 19.3. The second kappa shape index (κ2) is 2.18. The van der Waals surface area contributed by atoms with Crippen molar-refractivity contribution in [3.63, 3.8) is 0 Å². The van der Waals surface area contributed by atoms with Gasteiger partial charge >= 0.3 is 0 Å². The summed E-state index contributed by atoms with van der Waals surface area (Å²) in [7, 11) is 0. The predicted molar refractivity (Wildman–Crippen MR) is 37.7 cm³/mol. The number of nitrogens with zero attached hydrogens (tertiary/aromatic N) is 1. The molecule has 0 atom stereocenters. The van der Waals surface area contributed by atoms with Gasteiger partial charge in [0.2, 0.25) is 0 Å². The standard InChI is InChI=1S/C7H8F2N2O/c8-7(9)3-1-2-4-5(7)6(10)11-12-4/h1-3H2,(H2,10,11). The molecule has 0 unspecified atom stereocenters. The van der Waals surface area contributed by atoms with E-state index in [0.717, 1.165) is 0 Å². The Morgan fingerprint density at radius 1 is 1.50 bits per heavy atom. The summed E-state index contributed by atoms with van der Waals surface area (Å²) in [6.07, 6.45) is 0.773. The third-order valence-corrected chi connectivity index (χ3v) is 2.05. The highest BCUT2D eigenvalue weighted by molar-refractivity contribution is 5.44. The Morgan fingerprint density at radius 2 is 2.25 bits per heavy atom. The highest BCUT2D eigenvalue weighted by Crippen LogP contribution is 2.42. The molecule has 5 heteroatoms. The van der Waals surface area contributed by atoms with Gasteiger partial charge < -0.3 is 10.3 Å². The van der Waals surface area contributed by atoms with Gasteiger partial charge in [-0.1, -0.05) is 5.16 Å². The molecular weight excluding hydrogens is 166 g/mol. The summed E-state index contributed by atoms with van der Waals surface area (Å²) in [5, 5.41) is 3.32. The van der Waals surface area contributed by atoms with Crippen molar-refractivity contribution in [2.75, 3.05) is 5.73 Å². The van der Waals surface area contributed by atoms with Crippen molar-refractivity contribution in [1.29, 1.82) is 0 Å². The number of rotatable bonds is 0. The van der Waals surface area contributed by atoms with Crippen LogP contribution in [0.3, 0.4) is 0 Å².